The van der Waals surface area contributed by atoms with Crippen LogP contribution in [0.15, 0.2) is 23.8 Å². The standard InChI is InChI=1S/C30H62O5Si3/c1-23-24(18-19-31)22-25(34-37(13,14)29(5,6)7)27(26(23)35-38(15,16)30(8,9)10)32-20-17-21-33-36(11,12)28(2,3)4/h18,25-27,31H,1,17,19-22H2,2-16H3/b24-18-/t25-,26+,27-/m0/s1. The zero-order chi connectivity index (χ0) is 30.0. The van der Waals surface area contributed by atoms with Crippen molar-refractivity contribution in [3.05, 3.63) is 23.8 Å². The Labute approximate surface area is 239 Å². The molecular formula is C30H62O5Si3. The van der Waals surface area contributed by atoms with Crippen LogP contribution in [-0.4, -0.2) is 68.2 Å². The van der Waals surface area contributed by atoms with Crippen LogP contribution in [0.1, 0.15) is 75.2 Å². The molecule has 0 radical (unpaired) electrons. The first kappa shape index (κ1) is 36.0. The zero-order valence-corrected chi connectivity index (χ0v) is 30.6. The molecule has 5 nitrogen and oxygen atoms in total. The second kappa shape index (κ2) is 12.8. The molecule has 0 saturated heterocycles. The molecule has 0 aromatic heterocycles. The first-order chi connectivity index (χ1) is 16.9. The first-order valence-electron chi connectivity index (χ1n) is 14.5. The molecule has 0 aromatic rings. The van der Waals surface area contributed by atoms with Gasteiger partial charge in [0, 0.05) is 19.6 Å². The van der Waals surface area contributed by atoms with Gasteiger partial charge in [-0.25, -0.2) is 0 Å². The van der Waals surface area contributed by atoms with Gasteiger partial charge in [0.2, 0.25) is 0 Å². The van der Waals surface area contributed by atoms with Crippen molar-refractivity contribution in [2.45, 2.75) is 148 Å². The number of aliphatic hydroxyl groups is 1. The second-order valence-corrected chi connectivity index (χ2v) is 30.0. The largest absolute Gasteiger partial charge is 0.417 e. The van der Waals surface area contributed by atoms with Crippen molar-refractivity contribution in [2.24, 2.45) is 0 Å². The lowest BCUT2D eigenvalue weighted by atomic mass is 9.84. The molecule has 1 aliphatic rings. The summed E-state index contributed by atoms with van der Waals surface area (Å²) in [5.41, 5.74) is 1.95. The third kappa shape index (κ3) is 9.23. The summed E-state index contributed by atoms with van der Waals surface area (Å²) in [7, 11) is -6.04. The molecule has 1 fully saturated rings. The normalized spacial score (nSPS) is 23.8. The Bertz CT molecular complexity index is 813. The lowest BCUT2D eigenvalue weighted by Gasteiger charge is -2.49. The molecule has 1 N–H and O–H groups in total. The highest BCUT2D eigenvalue weighted by molar-refractivity contribution is 6.75. The molecule has 0 aliphatic heterocycles. The first-order valence-corrected chi connectivity index (χ1v) is 23.2. The van der Waals surface area contributed by atoms with Gasteiger partial charge in [0.25, 0.3) is 0 Å². The molecule has 1 rings (SSSR count). The van der Waals surface area contributed by atoms with Gasteiger partial charge in [0.15, 0.2) is 25.0 Å². The Morgan fingerprint density at radius 3 is 1.71 bits per heavy atom. The molecule has 224 valence electrons. The Hall–Kier alpha value is -0.0694. The third-order valence-electron chi connectivity index (χ3n) is 9.53. The molecular weight excluding hydrogens is 525 g/mol. The van der Waals surface area contributed by atoms with Crippen LogP contribution < -0.4 is 0 Å². The maximum absolute atomic E-state index is 9.80. The fourth-order valence-corrected chi connectivity index (χ4v) is 7.36. The van der Waals surface area contributed by atoms with Crippen molar-refractivity contribution < 1.29 is 23.1 Å². The summed E-state index contributed by atoms with van der Waals surface area (Å²) in [4.78, 5) is 0. The molecule has 0 unspecified atom stereocenters. The summed E-state index contributed by atoms with van der Waals surface area (Å²) in [6.45, 7) is 39.8. The van der Waals surface area contributed by atoms with Crippen LogP contribution in [0.2, 0.25) is 54.4 Å². The number of ether oxygens (including phenoxy) is 1. The smallest absolute Gasteiger partial charge is 0.193 e. The molecule has 1 saturated carbocycles. The molecule has 0 bridgehead atoms. The van der Waals surface area contributed by atoms with Gasteiger partial charge >= 0.3 is 0 Å². The predicted molar refractivity (Wildman–Crippen MR) is 171 cm³/mol. The number of aliphatic hydroxyl groups excluding tert-OH is 1. The topological polar surface area (TPSA) is 57.2 Å². The van der Waals surface area contributed by atoms with Gasteiger partial charge < -0.3 is 23.1 Å². The van der Waals surface area contributed by atoms with E-state index in [1.54, 1.807) is 0 Å². The summed E-state index contributed by atoms with van der Waals surface area (Å²) in [5.74, 6) is 0. The molecule has 0 spiro atoms. The van der Waals surface area contributed by atoms with Gasteiger partial charge in [-0.3, -0.25) is 0 Å². The van der Waals surface area contributed by atoms with Crippen molar-refractivity contribution in [3.63, 3.8) is 0 Å². The minimum atomic E-state index is -2.15. The number of rotatable bonds is 11. The van der Waals surface area contributed by atoms with E-state index < -0.39 is 25.0 Å². The van der Waals surface area contributed by atoms with Crippen LogP contribution in [0, 0.1) is 0 Å². The molecule has 0 aromatic carbocycles. The van der Waals surface area contributed by atoms with Crippen molar-refractivity contribution in [2.75, 3.05) is 19.8 Å². The quantitative estimate of drug-likeness (QED) is 0.194. The summed E-state index contributed by atoms with van der Waals surface area (Å²) < 4.78 is 27.2. The van der Waals surface area contributed by atoms with E-state index in [0.717, 1.165) is 17.6 Å². The fourth-order valence-electron chi connectivity index (χ4n) is 3.68. The van der Waals surface area contributed by atoms with Crippen LogP contribution in [-0.2, 0) is 18.0 Å². The maximum atomic E-state index is 9.80. The molecule has 0 amide bonds. The van der Waals surface area contributed by atoms with Crippen LogP contribution in [0.3, 0.4) is 0 Å². The van der Waals surface area contributed by atoms with E-state index in [1.165, 1.54) is 0 Å². The minimum Gasteiger partial charge on any atom is -0.417 e. The van der Waals surface area contributed by atoms with Gasteiger partial charge in [-0.2, -0.15) is 0 Å². The molecule has 3 atom stereocenters. The van der Waals surface area contributed by atoms with E-state index in [1.807, 2.05) is 6.08 Å². The van der Waals surface area contributed by atoms with Gasteiger partial charge in [0.05, 0.1) is 18.8 Å². The van der Waals surface area contributed by atoms with E-state index in [-0.39, 0.29) is 40.0 Å². The SMILES string of the molecule is C=C1/C(=C\CO)C[C@H](O[Si](C)(C)C(C)(C)C)[C@H](OCCCO[Si](C)(C)C(C)(C)C)[C@@H]1O[Si](C)(C)C(C)(C)C. The van der Waals surface area contributed by atoms with Gasteiger partial charge in [-0.15, -0.1) is 0 Å². The van der Waals surface area contributed by atoms with E-state index in [9.17, 15) is 5.11 Å². The minimum absolute atomic E-state index is 0.0235. The fraction of sp³-hybridized carbons (Fsp3) is 0.867. The highest BCUT2D eigenvalue weighted by Gasteiger charge is 2.49. The maximum Gasteiger partial charge on any atom is 0.193 e. The Morgan fingerprint density at radius 1 is 0.789 bits per heavy atom. The van der Waals surface area contributed by atoms with E-state index in [4.69, 9.17) is 18.0 Å². The Morgan fingerprint density at radius 2 is 1.26 bits per heavy atom. The highest BCUT2D eigenvalue weighted by atomic mass is 28.4. The average Bonchev–Trinajstić information content (AvgIpc) is 2.70. The van der Waals surface area contributed by atoms with Crippen molar-refractivity contribution in [1.82, 2.24) is 0 Å². The van der Waals surface area contributed by atoms with E-state index in [2.05, 4.69) is 108 Å². The van der Waals surface area contributed by atoms with Crippen LogP contribution in [0.5, 0.6) is 0 Å². The molecule has 0 heterocycles. The highest BCUT2D eigenvalue weighted by Crippen LogP contribution is 2.45. The summed E-state index contributed by atoms with van der Waals surface area (Å²) in [6, 6.07) is 0. The molecule has 1 aliphatic carbocycles. The molecule has 8 heteroatoms. The average molecular weight is 587 g/mol. The predicted octanol–water partition coefficient (Wildman–Crippen LogP) is 8.44. The van der Waals surface area contributed by atoms with Crippen LogP contribution in [0.25, 0.3) is 0 Å². The van der Waals surface area contributed by atoms with Crippen molar-refractivity contribution in [3.8, 4) is 0 Å². The van der Waals surface area contributed by atoms with Gasteiger partial charge in [0.1, 0.15) is 6.10 Å². The zero-order valence-electron chi connectivity index (χ0n) is 27.6. The lowest BCUT2D eigenvalue weighted by molar-refractivity contribution is -0.0880. The second-order valence-electron chi connectivity index (χ2n) is 15.7. The van der Waals surface area contributed by atoms with E-state index >= 15 is 0 Å². The number of hydrogen-bond donors (Lipinski definition) is 1. The molecule has 38 heavy (non-hydrogen) atoms. The van der Waals surface area contributed by atoms with Crippen LogP contribution >= 0.6 is 0 Å². The third-order valence-corrected chi connectivity index (χ3v) is 23.0. The van der Waals surface area contributed by atoms with Crippen LogP contribution in [0.4, 0.5) is 0 Å². The number of hydrogen-bond acceptors (Lipinski definition) is 5. The summed E-state index contributed by atoms with van der Waals surface area (Å²) in [6.07, 6.45) is 2.65. The van der Waals surface area contributed by atoms with Gasteiger partial charge in [-0.05, 0) is 72.0 Å². The van der Waals surface area contributed by atoms with Crippen molar-refractivity contribution >= 4 is 25.0 Å². The summed E-state index contributed by atoms with van der Waals surface area (Å²) >= 11 is 0. The monoisotopic (exact) mass is 586 g/mol. The lowest BCUT2D eigenvalue weighted by Crippen LogP contribution is -2.57. The van der Waals surface area contributed by atoms with Gasteiger partial charge in [-0.1, -0.05) is 75.0 Å². The Balaban J connectivity index is 3.30. The van der Waals surface area contributed by atoms with E-state index in [0.29, 0.717) is 19.6 Å². The Kier molecular flexibility index (Phi) is 12.2. The van der Waals surface area contributed by atoms with Crippen molar-refractivity contribution in [1.29, 1.82) is 0 Å². The summed E-state index contributed by atoms with van der Waals surface area (Å²) in [5, 5.41) is 10.1.